The van der Waals surface area contributed by atoms with Crippen LogP contribution in [0.3, 0.4) is 0 Å². The zero-order chi connectivity index (χ0) is 28.2. The molecule has 0 spiro atoms. The summed E-state index contributed by atoms with van der Waals surface area (Å²) in [5.41, 5.74) is 5.83. The third-order valence-corrected chi connectivity index (χ3v) is 7.32. The topological polar surface area (TPSA) is 71.4 Å². The van der Waals surface area contributed by atoms with E-state index in [4.69, 9.17) is 17.0 Å². The van der Waals surface area contributed by atoms with E-state index in [9.17, 15) is 4.79 Å². The van der Waals surface area contributed by atoms with Crippen molar-refractivity contribution in [3.8, 4) is 11.4 Å². The summed E-state index contributed by atoms with van der Waals surface area (Å²) in [4.78, 5) is 19.3. The Labute approximate surface area is 244 Å². The maximum absolute atomic E-state index is 12.5. The lowest BCUT2D eigenvalue weighted by molar-refractivity contribution is -0.118. The van der Waals surface area contributed by atoms with Crippen LogP contribution in [0.5, 0.6) is 5.75 Å². The van der Waals surface area contributed by atoms with Crippen molar-refractivity contribution in [2.75, 3.05) is 16.8 Å². The summed E-state index contributed by atoms with van der Waals surface area (Å²) in [5.74, 6) is 0.418. The molecule has 1 aliphatic heterocycles. The van der Waals surface area contributed by atoms with E-state index in [1.54, 1.807) is 6.20 Å². The van der Waals surface area contributed by atoms with Crippen molar-refractivity contribution in [3.05, 3.63) is 139 Å². The van der Waals surface area contributed by atoms with Gasteiger partial charge in [0.25, 0.3) is 5.91 Å². The molecular weight excluding hydrogens is 530 g/mol. The summed E-state index contributed by atoms with van der Waals surface area (Å²) in [7, 11) is 0. The molecule has 204 valence electrons. The van der Waals surface area contributed by atoms with Crippen molar-refractivity contribution in [1.82, 2.24) is 14.9 Å². The average molecular weight is 560 g/mol. The average Bonchev–Trinajstić information content (AvgIpc) is 3.62. The van der Waals surface area contributed by atoms with E-state index < -0.39 is 0 Å². The molecule has 1 amide bonds. The number of nitrogens with zero attached hydrogens (tertiary/aromatic N) is 3. The summed E-state index contributed by atoms with van der Waals surface area (Å²) < 4.78 is 7.78. The van der Waals surface area contributed by atoms with Crippen molar-refractivity contribution >= 4 is 34.6 Å². The van der Waals surface area contributed by atoms with Gasteiger partial charge in [-0.1, -0.05) is 36.4 Å². The van der Waals surface area contributed by atoms with Gasteiger partial charge in [-0.15, -0.1) is 0 Å². The number of nitrogens with one attached hydrogen (secondary N) is 2. The van der Waals surface area contributed by atoms with Gasteiger partial charge in [0.1, 0.15) is 11.8 Å². The van der Waals surface area contributed by atoms with E-state index in [-0.39, 0.29) is 24.6 Å². The van der Waals surface area contributed by atoms with Crippen molar-refractivity contribution in [1.29, 1.82) is 0 Å². The Morgan fingerprint density at radius 3 is 2.49 bits per heavy atom. The molecule has 2 N–H and O–H groups in total. The number of aryl methyl sites for hydroxylation is 1. The number of carbonyl (C=O) groups excluding carboxylic acids is 1. The van der Waals surface area contributed by atoms with Crippen LogP contribution in [-0.2, 0) is 4.79 Å². The highest BCUT2D eigenvalue weighted by atomic mass is 32.1. The number of rotatable bonds is 8. The normalized spacial score (nSPS) is 16.3. The third kappa shape index (κ3) is 5.69. The van der Waals surface area contributed by atoms with Gasteiger partial charge in [-0.25, -0.2) is 0 Å². The number of anilines is 2. The summed E-state index contributed by atoms with van der Waals surface area (Å²) >= 11 is 5.91. The van der Waals surface area contributed by atoms with Gasteiger partial charge in [-0.3, -0.25) is 9.78 Å². The Morgan fingerprint density at radius 1 is 0.927 bits per heavy atom. The van der Waals surface area contributed by atoms with Crippen LogP contribution in [0.25, 0.3) is 5.69 Å². The minimum Gasteiger partial charge on any atom is -0.484 e. The first-order valence-corrected chi connectivity index (χ1v) is 13.8. The van der Waals surface area contributed by atoms with Gasteiger partial charge in [0, 0.05) is 35.1 Å². The zero-order valence-electron chi connectivity index (χ0n) is 22.5. The quantitative estimate of drug-likeness (QED) is 0.215. The highest BCUT2D eigenvalue weighted by Gasteiger charge is 2.42. The second-order valence-corrected chi connectivity index (χ2v) is 10.2. The molecule has 7 nitrogen and oxygen atoms in total. The monoisotopic (exact) mass is 559 g/mol. The smallest absolute Gasteiger partial charge is 0.262 e. The number of pyridine rings is 1. The van der Waals surface area contributed by atoms with Crippen LogP contribution >= 0.6 is 12.2 Å². The van der Waals surface area contributed by atoms with Gasteiger partial charge in [0.2, 0.25) is 0 Å². The van der Waals surface area contributed by atoms with Crippen molar-refractivity contribution in [2.45, 2.75) is 19.0 Å². The van der Waals surface area contributed by atoms with Crippen molar-refractivity contribution in [3.63, 3.8) is 0 Å². The minimum atomic E-state index is -0.232. The molecule has 2 atom stereocenters. The molecule has 0 radical (unpaired) electrons. The van der Waals surface area contributed by atoms with Crippen LogP contribution in [0, 0.1) is 6.92 Å². The molecule has 1 aliphatic rings. The maximum atomic E-state index is 12.5. The Bertz CT molecular complexity index is 1650. The fourth-order valence-corrected chi connectivity index (χ4v) is 5.50. The van der Waals surface area contributed by atoms with Gasteiger partial charge in [0.05, 0.1) is 11.7 Å². The lowest BCUT2D eigenvalue weighted by Crippen LogP contribution is -2.30. The van der Waals surface area contributed by atoms with Crippen LogP contribution in [0.2, 0.25) is 0 Å². The third-order valence-electron chi connectivity index (χ3n) is 7.00. The Kier molecular flexibility index (Phi) is 7.47. The molecule has 41 heavy (non-hydrogen) atoms. The molecule has 0 aliphatic carbocycles. The molecule has 1 saturated heterocycles. The van der Waals surface area contributed by atoms with Gasteiger partial charge in [0.15, 0.2) is 11.7 Å². The molecule has 2 aromatic heterocycles. The number of amides is 1. The minimum absolute atomic E-state index is 0.0737. The fraction of sp³-hybridized carbons (Fsp3) is 0.121. The van der Waals surface area contributed by atoms with Crippen LogP contribution in [-0.4, -0.2) is 27.2 Å². The summed E-state index contributed by atoms with van der Waals surface area (Å²) in [6.07, 6.45) is 3.88. The number of hydrogen-bond donors (Lipinski definition) is 2. The number of ether oxygens (including phenoxy) is 1. The van der Waals surface area contributed by atoms with E-state index in [1.165, 1.54) is 5.56 Å². The number of para-hydroxylation sites is 1. The molecule has 3 heterocycles. The first kappa shape index (κ1) is 26.3. The Morgan fingerprint density at radius 2 is 1.73 bits per heavy atom. The predicted octanol–water partition coefficient (Wildman–Crippen LogP) is 6.38. The Balaban J connectivity index is 1.29. The number of benzene rings is 3. The van der Waals surface area contributed by atoms with Crippen LogP contribution < -0.4 is 20.3 Å². The van der Waals surface area contributed by atoms with Gasteiger partial charge in [-0.05, 0) is 97.5 Å². The number of aromatic nitrogens is 2. The van der Waals surface area contributed by atoms with Crippen LogP contribution in [0.15, 0.2) is 122 Å². The second-order valence-electron chi connectivity index (χ2n) is 9.84. The van der Waals surface area contributed by atoms with E-state index >= 15 is 0 Å². The van der Waals surface area contributed by atoms with Crippen molar-refractivity contribution in [2.24, 2.45) is 0 Å². The first-order valence-electron chi connectivity index (χ1n) is 13.4. The largest absolute Gasteiger partial charge is 0.484 e. The molecule has 2 unspecified atom stereocenters. The molecular formula is C33H29N5O2S. The lowest BCUT2D eigenvalue weighted by atomic mass is 10.0. The predicted molar refractivity (Wildman–Crippen MR) is 165 cm³/mol. The summed E-state index contributed by atoms with van der Waals surface area (Å²) in [6, 6.07) is 35.2. The van der Waals surface area contributed by atoms with E-state index in [1.807, 2.05) is 72.8 Å². The highest BCUT2D eigenvalue weighted by Crippen LogP contribution is 2.42. The number of thiocarbonyl (C=S) groups is 1. The SMILES string of the molecule is Cc1cccc(-n2cccc2C2C(c3ccccn3)NC(=S)N2c2ccc(NC(=O)COc3ccccc3)cc2)c1. The van der Waals surface area contributed by atoms with Gasteiger partial charge >= 0.3 is 0 Å². The fourth-order valence-electron chi connectivity index (χ4n) is 5.15. The van der Waals surface area contributed by atoms with Gasteiger partial charge in [-0.2, -0.15) is 0 Å². The molecule has 3 aromatic carbocycles. The number of carbonyl (C=O) groups is 1. The summed E-state index contributed by atoms with van der Waals surface area (Å²) in [5, 5.41) is 7.03. The van der Waals surface area contributed by atoms with E-state index in [2.05, 4.69) is 74.6 Å². The van der Waals surface area contributed by atoms with Crippen LogP contribution in [0.4, 0.5) is 11.4 Å². The molecule has 6 rings (SSSR count). The maximum Gasteiger partial charge on any atom is 0.262 e. The van der Waals surface area contributed by atoms with E-state index in [0.29, 0.717) is 16.5 Å². The summed E-state index contributed by atoms with van der Waals surface area (Å²) in [6.45, 7) is 2.02. The van der Waals surface area contributed by atoms with E-state index in [0.717, 1.165) is 22.8 Å². The first-order chi connectivity index (χ1) is 20.1. The molecule has 1 fully saturated rings. The molecule has 0 saturated carbocycles. The Hall–Kier alpha value is -4.95. The second kappa shape index (κ2) is 11.7. The molecule has 5 aromatic rings. The standard InChI is InChI=1S/C33H29N5O2S/c1-23-9-7-10-26(21-23)37-20-8-14-29(37)32-31(28-13-5-6-19-34-28)36-33(41)38(32)25-17-15-24(16-18-25)35-30(39)22-40-27-11-3-2-4-12-27/h2-21,31-32H,22H2,1H3,(H,35,39)(H,36,41). The lowest BCUT2D eigenvalue weighted by Gasteiger charge is -2.29. The molecule has 8 heteroatoms. The highest BCUT2D eigenvalue weighted by molar-refractivity contribution is 7.80. The zero-order valence-corrected chi connectivity index (χ0v) is 23.3. The van der Waals surface area contributed by atoms with Crippen molar-refractivity contribution < 1.29 is 9.53 Å². The molecule has 0 bridgehead atoms. The van der Waals surface area contributed by atoms with Crippen LogP contribution in [0.1, 0.15) is 29.0 Å². The number of hydrogen-bond acceptors (Lipinski definition) is 4. The van der Waals surface area contributed by atoms with Gasteiger partial charge < -0.3 is 24.8 Å².